The predicted molar refractivity (Wildman–Crippen MR) is 62.2 cm³/mol. The predicted octanol–water partition coefficient (Wildman–Crippen LogP) is 1.17. The SMILES string of the molecule is CC(C)c1nn(C)c(NCC(F)(F)CO)c1N. The molecule has 17 heavy (non-hydrogen) atoms. The Morgan fingerprint density at radius 3 is 2.53 bits per heavy atom. The Labute approximate surface area is 98.6 Å². The van der Waals surface area contributed by atoms with Gasteiger partial charge in [0.2, 0.25) is 0 Å². The van der Waals surface area contributed by atoms with Crippen LogP contribution in [0.4, 0.5) is 20.3 Å². The summed E-state index contributed by atoms with van der Waals surface area (Å²) < 4.78 is 27.2. The van der Waals surface area contributed by atoms with E-state index in [1.807, 2.05) is 13.8 Å². The number of aromatic nitrogens is 2. The molecule has 0 aromatic carbocycles. The van der Waals surface area contributed by atoms with E-state index in [1.165, 1.54) is 4.68 Å². The summed E-state index contributed by atoms with van der Waals surface area (Å²) in [4.78, 5) is 0. The maximum atomic E-state index is 12.9. The second-order valence-electron chi connectivity index (χ2n) is 4.29. The second kappa shape index (κ2) is 4.87. The molecule has 0 fully saturated rings. The molecule has 0 spiro atoms. The van der Waals surface area contributed by atoms with Crippen molar-refractivity contribution in [2.45, 2.75) is 25.7 Å². The zero-order valence-corrected chi connectivity index (χ0v) is 10.2. The molecule has 0 amide bonds. The van der Waals surface area contributed by atoms with Gasteiger partial charge in [-0.15, -0.1) is 0 Å². The summed E-state index contributed by atoms with van der Waals surface area (Å²) in [5.41, 5.74) is 6.86. The average molecular weight is 248 g/mol. The summed E-state index contributed by atoms with van der Waals surface area (Å²) in [6.45, 7) is 1.97. The molecule has 1 aromatic rings. The lowest BCUT2D eigenvalue weighted by molar-refractivity contribution is -0.0373. The Balaban J connectivity index is 2.85. The molecule has 1 rings (SSSR count). The van der Waals surface area contributed by atoms with Crippen molar-refractivity contribution in [2.24, 2.45) is 7.05 Å². The zero-order chi connectivity index (χ0) is 13.2. The minimum absolute atomic E-state index is 0.120. The summed E-state index contributed by atoms with van der Waals surface area (Å²) in [7, 11) is 1.63. The molecule has 0 aliphatic carbocycles. The highest BCUT2D eigenvalue weighted by Gasteiger charge is 2.28. The third-order valence-electron chi connectivity index (χ3n) is 2.41. The molecule has 4 N–H and O–H groups in total. The molecule has 0 saturated heterocycles. The van der Waals surface area contributed by atoms with E-state index in [0.717, 1.165) is 0 Å². The van der Waals surface area contributed by atoms with E-state index in [0.29, 0.717) is 17.2 Å². The molecule has 0 radical (unpaired) electrons. The monoisotopic (exact) mass is 248 g/mol. The largest absolute Gasteiger partial charge is 0.394 e. The molecule has 0 aliphatic rings. The van der Waals surface area contributed by atoms with Crippen molar-refractivity contribution in [3.63, 3.8) is 0 Å². The lowest BCUT2D eigenvalue weighted by Gasteiger charge is -2.15. The summed E-state index contributed by atoms with van der Waals surface area (Å²) in [6.07, 6.45) is 0. The van der Waals surface area contributed by atoms with Gasteiger partial charge in [0.15, 0.2) is 0 Å². The van der Waals surface area contributed by atoms with Crippen molar-refractivity contribution in [2.75, 3.05) is 24.2 Å². The molecule has 5 nitrogen and oxygen atoms in total. The van der Waals surface area contributed by atoms with Crippen LogP contribution in [0.2, 0.25) is 0 Å². The zero-order valence-electron chi connectivity index (χ0n) is 10.2. The Hall–Kier alpha value is -1.37. The Kier molecular flexibility index (Phi) is 3.92. The molecular formula is C10H18F2N4O. The first-order chi connectivity index (χ1) is 7.78. The van der Waals surface area contributed by atoms with Crippen LogP contribution in [0, 0.1) is 0 Å². The summed E-state index contributed by atoms with van der Waals surface area (Å²) >= 11 is 0. The van der Waals surface area contributed by atoms with Gasteiger partial charge >= 0.3 is 0 Å². The number of nitrogens with zero attached hydrogens (tertiary/aromatic N) is 2. The maximum absolute atomic E-state index is 12.9. The molecule has 0 saturated carbocycles. The van der Waals surface area contributed by atoms with Gasteiger partial charge in [0, 0.05) is 7.05 Å². The highest BCUT2D eigenvalue weighted by Crippen LogP contribution is 2.28. The Morgan fingerprint density at radius 2 is 2.12 bits per heavy atom. The van der Waals surface area contributed by atoms with Gasteiger partial charge in [0.05, 0.1) is 17.9 Å². The lowest BCUT2D eigenvalue weighted by atomic mass is 10.1. The van der Waals surface area contributed by atoms with Crippen molar-refractivity contribution in [3.05, 3.63) is 5.69 Å². The van der Waals surface area contributed by atoms with Crippen LogP contribution in [0.25, 0.3) is 0 Å². The van der Waals surface area contributed by atoms with Crippen LogP contribution in [0.5, 0.6) is 0 Å². The number of halogens is 2. The Morgan fingerprint density at radius 1 is 1.53 bits per heavy atom. The van der Waals surface area contributed by atoms with E-state index in [2.05, 4.69) is 10.4 Å². The number of nitrogens with two attached hydrogens (primary N) is 1. The highest BCUT2D eigenvalue weighted by molar-refractivity contribution is 5.65. The van der Waals surface area contributed by atoms with Gasteiger partial charge in [0.1, 0.15) is 12.4 Å². The topological polar surface area (TPSA) is 76.1 Å². The number of nitrogen functional groups attached to an aromatic ring is 1. The molecular weight excluding hydrogens is 230 g/mol. The number of rotatable bonds is 5. The maximum Gasteiger partial charge on any atom is 0.287 e. The van der Waals surface area contributed by atoms with E-state index in [1.54, 1.807) is 7.05 Å². The van der Waals surface area contributed by atoms with Crippen molar-refractivity contribution >= 4 is 11.5 Å². The first kappa shape index (κ1) is 13.7. The van der Waals surface area contributed by atoms with Crippen molar-refractivity contribution in [3.8, 4) is 0 Å². The van der Waals surface area contributed by atoms with Crippen LogP contribution in [0.3, 0.4) is 0 Å². The van der Waals surface area contributed by atoms with E-state index in [-0.39, 0.29) is 5.92 Å². The average Bonchev–Trinajstić information content (AvgIpc) is 2.52. The standard InChI is InChI=1S/C10H18F2N4O/c1-6(2)8-7(13)9(16(3)15-8)14-4-10(11,12)5-17/h6,14,17H,4-5,13H2,1-3H3. The molecule has 7 heteroatoms. The highest BCUT2D eigenvalue weighted by atomic mass is 19.3. The van der Waals surface area contributed by atoms with Crippen molar-refractivity contribution in [1.29, 1.82) is 0 Å². The normalized spacial score (nSPS) is 12.2. The van der Waals surface area contributed by atoms with E-state index in [9.17, 15) is 8.78 Å². The van der Waals surface area contributed by atoms with Gasteiger partial charge < -0.3 is 16.2 Å². The van der Waals surface area contributed by atoms with Gasteiger partial charge in [0.25, 0.3) is 5.92 Å². The number of aryl methyl sites for hydroxylation is 1. The third-order valence-corrected chi connectivity index (χ3v) is 2.41. The number of hydrogen-bond acceptors (Lipinski definition) is 4. The van der Waals surface area contributed by atoms with Crippen LogP contribution in [0.15, 0.2) is 0 Å². The second-order valence-corrected chi connectivity index (χ2v) is 4.29. The van der Waals surface area contributed by atoms with E-state index in [4.69, 9.17) is 10.8 Å². The van der Waals surface area contributed by atoms with Gasteiger partial charge in [-0.2, -0.15) is 5.10 Å². The summed E-state index contributed by atoms with van der Waals surface area (Å²) in [6, 6.07) is 0. The quantitative estimate of drug-likeness (QED) is 0.731. The molecule has 0 unspecified atom stereocenters. The number of aliphatic hydroxyl groups excluding tert-OH is 1. The number of alkyl halides is 2. The molecule has 1 aromatic heterocycles. The smallest absolute Gasteiger partial charge is 0.287 e. The number of anilines is 2. The van der Waals surface area contributed by atoms with Gasteiger partial charge in [-0.05, 0) is 5.92 Å². The van der Waals surface area contributed by atoms with Crippen LogP contribution in [0.1, 0.15) is 25.5 Å². The fourth-order valence-corrected chi connectivity index (χ4v) is 1.47. The lowest BCUT2D eigenvalue weighted by Crippen LogP contribution is -2.31. The first-order valence-corrected chi connectivity index (χ1v) is 5.33. The number of hydrogen-bond donors (Lipinski definition) is 3. The fraction of sp³-hybridized carbons (Fsp3) is 0.700. The molecule has 0 bridgehead atoms. The third kappa shape index (κ3) is 3.06. The number of nitrogens with one attached hydrogen (secondary N) is 1. The fourth-order valence-electron chi connectivity index (χ4n) is 1.47. The number of aliphatic hydroxyl groups is 1. The van der Waals surface area contributed by atoms with Crippen molar-refractivity contribution in [1.82, 2.24) is 9.78 Å². The van der Waals surface area contributed by atoms with Crippen LogP contribution < -0.4 is 11.1 Å². The minimum atomic E-state index is -3.17. The molecule has 0 aliphatic heterocycles. The minimum Gasteiger partial charge on any atom is -0.394 e. The van der Waals surface area contributed by atoms with Gasteiger partial charge in [-0.25, -0.2) is 8.78 Å². The van der Waals surface area contributed by atoms with E-state index < -0.39 is 19.1 Å². The van der Waals surface area contributed by atoms with Crippen LogP contribution >= 0.6 is 0 Å². The Bertz CT molecular complexity index is 390. The van der Waals surface area contributed by atoms with Crippen molar-refractivity contribution < 1.29 is 13.9 Å². The van der Waals surface area contributed by atoms with Gasteiger partial charge in [-0.1, -0.05) is 13.8 Å². The van der Waals surface area contributed by atoms with Gasteiger partial charge in [-0.3, -0.25) is 4.68 Å². The summed E-state index contributed by atoms with van der Waals surface area (Å²) in [5, 5.41) is 15.1. The van der Waals surface area contributed by atoms with Crippen LogP contribution in [-0.2, 0) is 7.05 Å². The van der Waals surface area contributed by atoms with Crippen LogP contribution in [-0.4, -0.2) is 34.0 Å². The first-order valence-electron chi connectivity index (χ1n) is 5.33. The van der Waals surface area contributed by atoms with E-state index >= 15 is 0 Å². The summed E-state index contributed by atoms with van der Waals surface area (Å²) in [5.74, 6) is -2.70. The molecule has 1 heterocycles. The molecule has 98 valence electrons. The molecule has 0 atom stereocenters.